The molecular formula is C19H28N4O2. The lowest BCUT2D eigenvalue weighted by atomic mass is 9.86. The molecule has 2 heterocycles. The first-order chi connectivity index (χ1) is 12.2. The Hall–Kier alpha value is -1.43. The molecule has 5 rings (SSSR count). The summed E-state index contributed by atoms with van der Waals surface area (Å²) in [6, 6.07) is 0. The predicted octanol–water partition coefficient (Wildman–Crippen LogP) is 2.42. The number of nitrogens with zero attached hydrogens (tertiary/aromatic N) is 4. The van der Waals surface area contributed by atoms with Gasteiger partial charge in [-0.15, -0.1) is 0 Å². The number of aromatic nitrogens is 2. The molecule has 3 unspecified atom stereocenters. The Kier molecular flexibility index (Phi) is 4.03. The van der Waals surface area contributed by atoms with Gasteiger partial charge in [0.2, 0.25) is 11.8 Å². The number of fused-ring (bicyclic) bond motifs is 2. The van der Waals surface area contributed by atoms with Crippen LogP contribution in [0.5, 0.6) is 0 Å². The molecule has 3 saturated carbocycles. The van der Waals surface area contributed by atoms with E-state index in [2.05, 4.69) is 19.9 Å². The van der Waals surface area contributed by atoms with Gasteiger partial charge in [0, 0.05) is 38.5 Å². The van der Waals surface area contributed by atoms with E-state index in [1.807, 2.05) is 0 Å². The molecule has 4 fully saturated rings. The van der Waals surface area contributed by atoms with Crippen LogP contribution in [-0.4, -0.2) is 52.0 Å². The van der Waals surface area contributed by atoms with E-state index < -0.39 is 0 Å². The standard InChI is InChI=1S/C19H28N4O2/c24-18(11-16-10-13-1-2-15(16)9-13)23-7-5-22(6-8-23)12-17-20-19(25-21-17)14-3-4-14/h13-16H,1-12H2. The second kappa shape index (κ2) is 6.38. The molecule has 1 aliphatic heterocycles. The fourth-order valence-corrected chi connectivity index (χ4v) is 5.16. The lowest BCUT2D eigenvalue weighted by Crippen LogP contribution is -2.48. The molecule has 1 saturated heterocycles. The summed E-state index contributed by atoms with van der Waals surface area (Å²) in [4.78, 5) is 21.6. The van der Waals surface area contributed by atoms with Crippen LogP contribution in [0, 0.1) is 17.8 Å². The molecule has 2 bridgehead atoms. The van der Waals surface area contributed by atoms with Gasteiger partial charge in [-0.05, 0) is 49.9 Å². The number of hydrogen-bond acceptors (Lipinski definition) is 5. The van der Waals surface area contributed by atoms with Crippen molar-refractivity contribution in [3.8, 4) is 0 Å². The van der Waals surface area contributed by atoms with Crippen molar-refractivity contribution < 1.29 is 9.32 Å². The summed E-state index contributed by atoms with van der Waals surface area (Å²) >= 11 is 0. The first-order valence-electron chi connectivity index (χ1n) is 10.1. The van der Waals surface area contributed by atoms with Gasteiger partial charge in [0.1, 0.15) is 0 Å². The lowest BCUT2D eigenvalue weighted by Gasteiger charge is -2.35. The number of carbonyl (C=O) groups is 1. The number of carbonyl (C=O) groups excluding carboxylic acids is 1. The van der Waals surface area contributed by atoms with Crippen LogP contribution in [0.25, 0.3) is 0 Å². The monoisotopic (exact) mass is 344 g/mol. The summed E-state index contributed by atoms with van der Waals surface area (Å²) in [5.41, 5.74) is 0. The second-order valence-electron chi connectivity index (χ2n) is 8.62. The average molecular weight is 344 g/mol. The fraction of sp³-hybridized carbons (Fsp3) is 0.842. The Morgan fingerprint density at radius 3 is 2.60 bits per heavy atom. The van der Waals surface area contributed by atoms with E-state index in [0.717, 1.165) is 62.7 Å². The fourth-order valence-electron chi connectivity index (χ4n) is 5.16. The molecule has 136 valence electrons. The molecule has 1 aromatic heterocycles. The summed E-state index contributed by atoms with van der Waals surface area (Å²) in [6.07, 6.45) is 8.63. The highest BCUT2D eigenvalue weighted by Crippen LogP contribution is 2.49. The maximum Gasteiger partial charge on any atom is 0.229 e. The normalized spacial score (nSPS) is 32.5. The quantitative estimate of drug-likeness (QED) is 0.821. The van der Waals surface area contributed by atoms with E-state index in [1.165, 1.54) is 38.5 Å². The predicted molar refractivity (Wildman–Crippen MR) is 91.7 cm³/mol. The van der Waals surface area contributed by atoms with Crippen molar-refractivity contribution in [2.24, 2.45) is 17.8 Å². The summed E-state index contributed by atoms with van der Waals surface area (Å²) in [5, 5.41) is 4.11. The van der Waals surface area contributed by atoms with Gasteiger partial charge in [-0.25, -0.2) is 0 Å². The Morgan fingerprint density at radius 2 is 1.92 bits per heavy atom. The SMILES string of the molecule is O=C(CC1CC2CCC1C2)N1CCN(Cc2noc(C3CC3)n2)CC1. The van der Waals surface area contributed by atoms with Crippen LogP contribution < -0.4 is 0 Å². The molecule has 0 N–H and O–H groups in total. The Balaban J connectivity index is 1.09. The van der Waals surface area contributed by atoms with Crippen molar-refractivity contribution >= 4 is 5.91 Å². The average Bonchev–Trinajstić information content (AvgIpc) is 3.03. The van der Waals surface area contributed by atoms with Crippen LogP contribution in [0.1, 0.15) is 62.6 Å². The minimum atomic E-state index is 0.382. The molecular weight excluding hydrogens is 316 g/mol. The van der Waals surface area contributed by atoms with E-state index in [9.17, 15) is 4.79 Å². The van der Waals surface area contributed by atoms with Crippen molar-refractivity contribution in [1.82, 2.24) is 19.9 Å². The van der Waals surface area contributed by atoms with Gasteiger partial charge < -0.3 is 9.42 Å². The molecule has 0 spiro atoms. The minimum absolute atomic E-state index is 0.382. The van der Waals surface area contributed by atoms with E-state index in [-0.39, 0.29) is 0 Å². The molecule has 25 heavy (non-hydrogen) atoms. The molecule has 3 atom stereocenters. The molecule has 6 heteroatoms. The number of piperazine rings is 1. The summed E-state index contributed by atoms with van der Waals surface area (Å²) in [5.74, 6) is 4.95. The first kappa shape index (κ1) is 15.8. The Labute approximate surface area is 148 Å². The molecule has 1 aromatic rings. The van der Waals surface area contributed by atoms with Gasteiger partial charge in [-0.3, -0.25) is 9.69 Å². The summed E-state index contributed by atoms with van der Waals surface area (Å²) in [6.45, 7) is 4.25. The van der Waals surface area contributed by atoms with Gasteiger partial charge in [0.25, 0.3) is 0 Å². The highest BCUT2D eigenvalue weighted by Gasteiger charge is 2.40. The van der Waals surface area contributed by atoms with Crippen LogP contribution in [0.4, 0.5) is 0 Å². The first-order valence-corrected chi connectivity index (χ1v) is 10.1. The van der Waals surface area contributed by atoms with Crippen LogP contribution >= 0.6 is 0 Å². The third-order valence-corrected chi connectivity index (χ3v) is 6.82. The number of amides is 1. The molecule has 4 aliphatic rings. The molecule has 3 aliphatic carbocycles. The van der Waals surface area contributed by atoms with Crippen molar-refractivity contribution in [2.75, 3.05) is 26.2 Å². The van der Waals surface area contributed by atoms with Gasteiger partial charge in [-0.2, -0.15) is 4.98 Å². The third-order valence-electron chi connectivity index (χ3n) is 6.82. The van der Waals surface area contributed by atoms with Crippen LogP contribution in [0.3, 0.4) is 0 Å². The minimum Gasteiger partial charge on any atom is -0.340 e. The lowest BCUT2D eigenvalue weighted by molar-refractivity contribution is -0.134. The Morgan fingerprint density at radius 1 is 1.08 bits per heavy atom. The van der Waals surface area contributed by atoms with E-state index in [1.54, 1.807) is 0 Å². The van der Waals surface area contributed by atoms with Gasteiger partial charge in [0.15, 0.2) is 5.82 Å². The van der Waals surface area contributed by atoms with Gasteiger partial charge >= 0.3 is 0 Å². The second-order valence-corrected chi connectivity index (χ2v) is 8.62. The summed E-state index contributed by atoms with van der Waals surface area (Å²) in [7, 11) is 0. The number of rotatable bonds is 5. The smallest absolute Gasteiger partial charge is 0.229 e. The third kappa shape index (κ3) is 3.33. The van der Waals surface area contributed by atoms with Crippen LogP contribution in [0.2, 0.25) is 0 Å². The summed E-state index contributed by atoms with van der Waals surface area (Å²) < 4.78 is 5.34. The van der Waals surface area contributed by atoms with E-state index in [4.69, 9.17) is 4.52 Å². The van der Waals surface area contributed by atoms with Crippen molar-refractivity contribution in [3.63, 3.8) is 0 Å². The zero-order chi connectivity index (χ0) is 16.8. The van der Waals surface area contributed by atoms with Gasteiger partial charge in [0.05, 0.1) is 6.54 Å². The van der Waals surface area contributed by atoms with E-state index >= 15 is 0 Å². The van der Waals surface area contributed by atoms with Crippen molar-refractivity contribution in [1.29, 1.82) is 0 Å². The molecule has 0 aromatic carbocycles. The molecule has 0 radical (unpaired) electrons. The number of hydrogen-bond donors (Lipinski definition) is 0. The zero-order valence-corrected chi connectivity index (χ0v) is 14.9. The van der Waals surface area contributed by atoms with E-state index in [0.29, 0.717) is 17.7 Å². The van der Waals surface area contributed by atoms with Crippen LogP contribution in [-0.2, 0) is 11.3 Å². The molecule has 1 amide bonds. The van der Waals surface area contributed by atoms with Crippen molar-refractivity contribution in [3.05, 3.63) is 11.7 Å². The van der Waals surface area contributed by atoms with Gasteiger partial charge in [-0.1, -0.05) is 11.6 Å². The zero-order valence-electron chi connectivity index (χ0n) is 14.9. The highest BCUT2D eigenvalue weighted by molar-refractivity contribution is 5.76. The largest absolute Gasteiger partial charge is 0.340 e. The Bertz CT molecular complexity index is 633. The maximum absolute atomic E-state index is 12.6. The van der Waals surface area contributed by atoms with Crippen LogP contribution in [0.15, 0.2) is 4.52 Å². The highest BCUT2D eigenvalue weighted by atomic mass is 16.5. The maximum atomic E-state index is 12.6. The van der Waals surface area contributed by atoms with Crippen molar-refractivity contribution in [2.45, 2.75) is 57.4 Å². The topological polar surface area (TPSA) is 62.5 Å². The molecule has 6 nitrogen and oxygen atoms in total.